The number of hydrogen-bond donors (Lipinski definition) is 1. The van der Waals surface area contributed by atoms with Crippen LogP contribution in [-0.4, -0.2) is 38.8 Å². The standard InChI is InChI=1S/C24H24FN3O2/c1-15-5-3-4-6-19(15)22-16(2)12-26-28(22)17-10-24(11-17)13-27(14-24)23(30)20-9-18(29)7-8-21(20)25/h3-9,12,17,29H,10-11,13-14H2,1-2H3. The van der Waals surface area contributed by atoms with Crippen molar-refractivity contribution >= 4 is 5.91 Å². The number of aryl methyl sites for hydroxylation is 2. The van der Waals surface area contributed by atoms with E-state index in [1.165, 1.54) is 29.0 Å². The molecule has 30 heavy (non-hydrogen) atoms. The largest absolute Gasteiger partial charge is 0.508 e. The number of aromatic hydroxyl groups is 1. The molecular formula is C24H24FN3O2. The first-order valence-corrected chi connectivity index (χ1v) is 10.2. The van der Waals surface area contributed by atoms with Crippen molar-refractivity contribution < 1.29 is 14.3 Å². The van der Waals surface area contributed by atoms with E-state index in [2.05, 4.69) is 41.8 Å². The highest BCUT2D eigenvalue weighted by molar-refractivity contribution is 5.95. The van der Waals surface area contributed by atoms with Crippen molar-refractivity contribution in [2.24, 2.45) is 5.41 Å². The Kier molecular flexibility index (Phi) is 4.20. The van der Waals surface area contributed by atoms with Crippen LogP contribution in [-0.2, 0) is 0 Å². The smallest absolute Gasteiger partial charge is 0.257 e. The Balaban J connectivity index is 1.29. The van der Waals surface area contributed by atoms with Gasteiger partial charge in [0.05, 0.1) is 23.5 Å². The first kappa shape index (κ1) is 18.9. The maximum atomic E-state index is 14.0. The van der Waals surface area contributed by atoms with Gasteiger partial charge in [-0.05, 0) is 56.0 Å². The van der Waals surface area contributed by atoms with Crippen molar-refractivity contribution in [1.29, 1.82) is 0 Å². The average molecular weight is 405 g/mol. The summed E-state index contributed by atoms with van der Waals surface area (Å²) in [4.78, 5) is 14.3. The predicted molar refractivity (Wildman–Crippen MR) is 112 cm³/mol. The van der Waals surface area contributed by atoms with E-state index < -0.39 is 5.82 Å². The van der Waals surface area contributed by atoms with Gasteiger partial charge in [-0.25, -0.2) is 4.39 Å². The lowest BCUT2D eigenvalue weighted by atomic mass is 9.60. The molecule has 154 valence electrons. The molecule has 2 aromatic carbocycles. The number of benzene rings is 2. The van der Waals surface area contributed by atoms with Crippen molar-refractivity contribution in [2.75, 3.05) is 13.1 Å². The molecule has 0 radical (unpaired) electrons. The second-order valence-corrected chi connectivity index (χ2v) is 8.82. The highest BCUT2D eigenvalue weighted by Gasteiger charge is 2.55. The molecule has 5 nitrogen and oxygen atoms in total. The summed E-state index contributed by atoms with van der Waals surface area (Å²) in [6.07, 6.45) is 3.84. The molecule has 2 heterocycles. The van der Waals surface area contributed by atoms with Gasteiger partial charge < -0.3 is 10.0 Å². The summed E-state index contributed by atoms with van der Waals surface area (Å²) in [5, 5.41) is 14.2. The van der Waals surface area contributed by atoms with Gasteiger partial charge in [0, 0.05) is 24.1 Å². The van der Waals surface area contributed by atoms with Gasteiger partial charge in [0.15, 0.2) is 0 Å². The van der Waals surface area contributed by atoms with Gasteiger partial charge in [-0.2, -0.15) is 5.10 Å². The Morgan fingerprint density at radius 2 is 1.87 bits per heavy atom. The third-order valence-electron chi connectivity index (χ3n) is 6.58. The first-order chi connectivity index (χ1) is 14.4. The van der Waals surface area contributed by atoms with Gasteiger partial charge in [-0.15, -0.1) is 0 Å². The fourth-order valence-electron chi connectivity index (χ4n) is 5.03. The van der Waals surface area contributed by atoms with Crippen LogP contribution in [0.3, 0.4) is 0 Å². The SMILES string of the molecule is Cc1ccccc1-c1c(C)cnn1C1CC2(C1)CN(C(=O)c1cc(O)ccc1F)C2. The molecule has 1 spiro atoms. The van der Waals surface area contributed by atoms with E-state index in [-0.39, 0.29) is 22.6 Å². The monoisotopic (exact) mass is 405 g/mol. The lowest BCUT2D eigenvalue weighted by molar-refractivity contribution is -0.0735. The predicted octanol–water partition coefficient (Wildman–Crippen LogP) is 4.49. The van der Waals surface area contributed by atoms with Gasteiger partial charge in [-0.3, -0.25) is 9.48 Å². The highest BCUT2D eigenvalue weighted by atomic mass is 19.1. The molecule has 3 aromatic rings. The quantitative estimate of drug-likeness (QED) is 0.699. The summed E-state index contributed by atoms with van der Waals surface area (Å²) in [6, 6.07) is 12.2. The number of aromatic nitrogens is 2. The van der Waals surface area contributed by atoms with Crippen LogP contribution >= 0.6 is 0 Å². The lowest BCUT2D eigenvalue weighted by Gasteiger charge is -2.59. The maximum Gasteiger partial charge on any atom is 0.257 e. The van der Waals surface area contributed by atoms with E-state index in [0.717, 1.165) is 24.5 Å². The van der Waals surface area contributed by atoms with E-state index in [9.17, 15) is 14.3 Å². The van der Waals surface area contributed by atoms with Crippen molar-refractivity contribution in [3.8, 4) is 17.0 Å². The van der Waals surface area contributed by atoms with Crippen LogP contribution in [0.5, 0.6) is 5.75 Å². The molecule has 2 fully saturated rings. The van der Waals surface area contributed by atoms with Gasteiger partial charge in [0.25, 0.3) is 5.91 Å². The van der Waals surface area contributed by atoms with Gasteiger partial charge in [0.1, 0.15) is 11.6 Å². The number of amides is 1. The van der Waals surface area contributed by atoms with Crippen molar-refractivity contribution in [1.82, 2.24) is 14.7 Å². The van der Waals surface area contributed by atoms with E-state index in [0.29, 0.717) is 19.1 Å². The minimum absolute atomic E-state index is 0.0646. The summed E-state index contributed by atoms with van der Waals surface area (Å²) in [5.74, 6) is -1.05. The van der Waals surface area contributed by atoms with Gasteiger partial charge in [0.2, 0.25) is 0 Å². The zero-order valence-electron chi connectivity index (χ0n) is 17.1. The molecule has 5 rings (SSSR count). The zero-order chi connectivity index (χ0) is 21.0. The topological polar surface area (TPSA) is 58.4 Å². The maximum absolute atomic E-state index is 14.0. The molecular weight excluding hydrogens is 381 g/mol. The van der Waals surface area contributed by atoms with Crippen LogP contribution in [0.2, 0.25) is 0 Å². The van der Waals surface area contributed by atoms with E-state index in [1.807, 2.05) is 12.3 Å². The number of nitrogens with zero attached hydrogens (tertiary/aromatic N) is 3. The molecule has 1 N–H and O–H groups in total. The molecule has 0 bridgehead atoms. The molecule has 1 aliphatic heterocycles. The third kappa shape index (κ3) is 2.90. The van der Waals surface area contributed by atoms with E-state index in [4.69, 9.17) is 0 Å². The molecule has 0 atom stereocenters. The second kappa shape index (κ2) is 6.69. The first-order valence-electron chi connectivity index (χ1n) is 10.2. The molecule has 1 aliphatic carbocycles. The fourth-order valence-corrected chi connectivity index (χ4v) is 5.03. The summed E-state index contributed by atoms with van der Waals surface area (Å²) in [7, 11) is 0. The summed E-state index contributed by atoms with van der Waals surface area (Å²) in [6.45, 7) is 5.45. The molecule has 1 aromatic heterocycles. The Hall–Kier alpha value is -3.15. The van der Waals surface area contributed by atoms with Crippen LogP contribution < -0.4 is 0 Å². The number of carbonyl (C=O) groups excluding carboxylic acids is 1. The van der Waals surface area contributed by atoms with E-state index >= 15 is 0 Å². The minimum atomic E-state index is -0.597. The van der Waals surface area contributed by atoms with Crippen LogP contribution in [0.15, 0.2) is 48.7 Å². The number of rotatable bonds is 3. The summed E-state index contributed by atoms with van der Waals surface area (Å²) in [5.41, 5.74) is 4.79. The fraction of sp³-hybridized carbons (Fsp3) is 0.333. The van der Waals surface area contributed by atoms with E-state index in [1.54, 1.807) is 4.90 Å². The molecule has 1 amide bonds. The number of carbonyl (C=O) groups is 1. The third-order valence-corrected chi connectivity index (χ3v) is 6.58. The number of phenolic OH excluding ortho intramolecular Hbond substituents is 1. The van der Waals surface area contributed by atoms with Crippen LogP contribution in [0.1, 0.15) is 40.4 Å². The number of halogens is 1. The normalized spacial score (nSPS) is 17.6. The minimum Gasteiger partial charge on any atom is -0.508 e. The summed E-state index contributed by atoms with van der Waals surface area (Å²) >= 11 is 0. The van der Waals surface area contributed by atoms with Crippen molar-refractivity contribution in [3.63, 3.8) is 0 Å². The molecule has 0 unspecified atom stereocenters. The Morgan fingerprint density at radius 1 is 1.13 bits per heavy atom. The van der Waals surface area contributed by atoms with Crippen LogP contribution in [0.25, 0.3) is 11.3 Å². The number of hydrogen-bond acceptors (Lipinski definition) is 3. The van der Waals surface area contributed by atoms with Gasteiger partial charge in [-0.1, -0.05) is 24.3 Å². The number of likely N-dealkylation sites (tertiary alicyclic amines) is 1. The Labute approximate surface area is 174 Å². The Morgan fingerprint density at radius 3 is 2.60 bits per heavy atom. The average Bonchev–Trinajstić information content (AvgIpc) is 3.03. The zero-order valence-corrected chi connectivity index (χ0v) is 17.1. The molecule has 6 heteroatoms. The second-order valence-electron chi connectivity index (χ2n) is 8.82. The molecule has 1 saturated heterocycles. The van der Waals surface area contributed by atoms with Gasteiger partial charge >= 0.3 is 0 Å². The summed E-state index contributed by atoms with van der Waals surface area (Å²) < 4.78 is 16.1. The van der Waals surface area contributed by atoms with Crippen molar-refractivity contribution in [2.45, 2.75) is 32.7 Å². The Bertz CT molecular complexity index is 1140. The molecule has 2 aliphatic rings. The van der Waals surface area contributed by atoms with Crippen molar-refractivity contribution in [3.05, 3.63) is 71.2 Å². The number of phenols is 1. The van der Waals surface area contributed by atoms with Crippen LogP contribution in [0, 0.1) is 25.1 Å². The van der Waals surface area contributed by atoms with Crippen LogP contribution in [0.4, 0.5) is 4.39 Å². The highest BCUT2D eigenvalue weighted by Crippen LogP contribution is 2.55. The molecule has 1 saturated carbocycles. The lowest BCUT2D eigenvalue weighted by Crippen LogP contribution is -2.64.